The molecule has 0 radical (unpaired) electrons. The van der Waals surface area contributed by atoms with Gasteiger partial charge in [-0.1, -0.05) is 13.8 Å². The minimum Gasteiger partial charge on any atom is -0.388 e. The fraction of sp³-hybridized carbons (Fsp3) is 1.00. The van der Waals surface area contributed by atoms with Crippen molar-refractivity contribution in [3.05, 3.63) is 0 Å². The Bertz CT molecular complexity index is 461. The van der Waals surface area contributed by atoms with Crippen LogP contribution < -0.4 is 0 Å². The fourth-order valence-electron chi connectivity index (χ4n) is 2.51. The third-order valence-corrected chi connectivity index (χ3v) is 6.58. The van der Waals surface area contributed by atoms with Crippen molar-refractivity contribution in [3.63, 3.8) is 0 Å². The zero-order valence-electron chi connectivity index (χ0n) is 15.8. The molecule has 1 fully saturated rings. The average Bonchev–Trinajstić information content (AvgIpc) is 2.73. The Morgan fingerprint density at radius 3 is 2.08 bits per heavy atom. The lowest BCUT2D eigenvalue weighted by atomic mass is 9.90. The summed E-state index contributed by atoms with van der Waals surface area (Å²) in [5, 5.41) is 20.0. The van der Waals surface area contributed by atoms with Crippen molar-refractivity contribution < 1.29 is 33.1 Å². The molecule has 7 nitrogen and oxygen atoms in total. The third-order valence-electron chi connectivity index (χ3n) is 4.75. The fourth-order valence-corrected chi connectivity index (χ4v) is 4.17. The summed E-state index contributed by atoms with van der Waals surface area (Å²) in [5.41, 5.74) is -1.56. The van der Waals surface area contributed by atoms with E-state index < -0.39 is 43.3 Å². The van der Waals surface area contributed by atoms with E-state index in [1.54, 1.807) is 14.8 Å². The van der Waals surface area contributed by atoms with Crippen molar-refractivity contribution in [1.82, 2.24) is 0 Å². The van der Waals surface area contributed by atoms with E-state index in [-0.39, 0.29) is 6.42 Å². The number of hydrogen-bond donors (Lipinski definition) is 2. The molecule has 142 valence electrons. The van der Waals surface area contributed by atoms with Crippen molar-refractivity contribution in [1.29, 1.82) is 0 Å². The molecule has 0 amide bonds. The van der Waals surface area contributed by atoms with Crippen LogP contribution in [0.25, 0.3) is 0 Å². The molecule has 0 saturated carbocycles. The first kappa shape index (κ1) is 22.1. The molecule has 24 heavy (non-hydrogen) atoms. The Morgan fingerprint density at radius 1 is 1.12 bits per heavy atom. The predicted molar refractivity (Wildman–Crippen MR) is 93.7 cm³/mol. The van der Waals surface area contributed by atoms with Crippen LogP contribution in [0.2, 0.25) is 0 Å². The maximum Gasteiger partial charge on any atom is 0.475 e. The van der Waals surface area contributed by atoms with Crippen LogP contribution in [0.3, 0.4) is 0 Å². The topological polar surface area (TPSA) is 94.5 Å². The number of phosphoric acid groups is 1. The van der Waals surface area contributed by atoms with Crippen LogP contribution in [-0.2, 0) is 22.9 Å². The van der Waals surface area contributed by atoms with Crippen LogP contribution in [0.1, 0.15) is 53.9 Å². The Kier molecular flexibility index (Phi) is 7.52. The smallest absolute Gasteiger partial charge is 0.388 e. The molecular formula is C15H32BO7P. The number of aliphatic hydroxyl groups is 2. The average molecular weight is 366 g/mol. The molecule has 6 atom stereocenters. The van der Waals surface area contributed by atoms with Gasteiger partial charge in [-0.2, -0.15) is 0 Å². The van der Waals surface area contributed by atoms with E-state index in [1.165, 1.54) is 7.11 Å². The van der Waals surface area contributed by atoms with Crippen molar-refractivity contribution >= 4 is 15.7 Å². The van der Waals surface area contributed by atoms with Gasteiger partial charge in [0.15, 0.2) is 0 Å². The van der Waals surface area contributed by atoms with Gasteiger partial charge in [-0.3, -0.25) is 13.6 Å². The quantitative estimate of drug-likeness (QED) is 0.473. The first-order valence-electron chi connectivity index (χ1n) is 8.50. The van der Waals surface area contributed by atoms with Gasteiger partial charge in [-0.15, -0.1) is 0 Å². The lowest BCUT2D eigenvalue weighted by molar-refractivity contribution is -0.0583. The standard InChI is InChI=1S/C15H32BO7P/c1-7-14(3,4)22-24(19,20-6)23-15(5,8-2)9-10-11(17)12(18)13(16)21-10/h10-13,17-18H,7-9,16H2,1-6H3/t10-,11?,12+,13-,15?,24?/m1/s1. The van der Waals surface area contributed by atoms with Gasteiger partial charge in [0.25, 0.3) is 0 Å². The molecule has 1 aliphatic heterocycles. The molecule has 0 aliphatic carbocycles. The van der Waals surface area contributed by atoms with Gasteiger partial charge in [0.05, 0.1) is 23.3 Å². The van der Waals surface area contributed by atoms with Crippen molar-refractivity contribution in [2.75, 3.05) is 7.11 Å². The van der Waals surface area contributed by atoms with Crippen LogP contribution in [-0.4, -0.2) is 60.7 Å². The van der Waals surface area contributed by atoms with Gasteiger partial charge in [0, 0.05) is 13.5 Å². The lowest BCUT2D eigenvalue weighted by Gasteiger charge is -2.36. The van der Waals surface area contributed by atoms with Gasteiger partial charge >= 0.3 is 7.82 Å². The second-order valence-electron chi connectivity index (χ2n) is 7.29. The molecule has 2 N–H and O–H groups in total. The van der Waals surface area contributed by atoms with E-state index in [9.17, 15) is 14.8 Å². The van der Waals surface area contributed by atoms with Crippen molar-refractivity contribution in [2.24, 2.45) is 0 Å². The van der Waals surface area contributed by atoms with Crippen LogP contribution in [0.15, 0.2) is 0 Å². The van der Waals surface area contributed by atoms with E-state index in [4.69, 9.17) is 18.3 Å². The molecule has 0 spiro atoms. The van der Waals surface area contributed by atoms with E-state index in [2.05, 4.69) is 0 Å². The van der Waals surface area contributed by atoms with Gasteiger partial charge in [-0.25, -0.2) is 4.57 Å². The van der Waals surface area contributed by atoms with Crippen LogP contribution in [0, 0.1) is 0 Å². The highest BCUT2D eigenvalue weighted by molar-refractivity contribution is 7.48. The Hall–Kier alpha value is 0.0549. The monoisotopic (exact) mass is 366 g/mol. The normalized spacial score (nSPS) is 33.2. The summed E-state index contributed by atoms with van der Waals surface area (Å²) in [6, 6.07) is -0.462. The van der Waals surface area contributed by atoms with Gasteiger partial charge in [-0.05, 0) is 33.6 Å². The Morgan fingerprint density at radius 2 is 1.71 bits per heavy atom. The molecule has 3 unspecified atom stereocenters. The molecule has 0 bridgehead atoms. The summed E-state index contributed by atoms with van der Waals surface area (Å²) in [6.45, 7) is 9.20. The van der Waals surface area contributed by atoms with E-state index >= 15 is 0 Å². The summed E-state index contributed by atoms with van der Waals surface area (Å²) < 4.78 is 35.0. The lowest BCUT2D eigenvalue weighted by Crippen LogP contribution is -2.39. The molecule has 0 aromatic rings. The van der Waals surface area contributed by atoms with E-state index in [0.717, 1.165) is 0 Å². The Balaban J connectivity index is 2.88. The number of ether oxygens (including phenoxy) is 1. The predicted octanol–water partition coefficient (Wildman–Crippen LogP) is 1.60. The molecule has 1 heterocycles. The molecule has 1 saturated heterocycles. The molecular weight excluding hydrogens is 334 g/mol. The van der Waals surface area contributed by atoms with Crippen LogP contribution in [0.4, 0.5) is 0 Å². The number of aliphatic hydroxyl groups excluding tert-OH is 2. The zero-order valence-corrected chi connectivity index (χ0v) is 16.7. The van der Waals surface area contributed by atoms with Gasteiger partial charge in [0.1, 0.15) is 20.1 Å². The highest BCUT2D eigenvalue weighted by atomic mass is 31.2. The molecule has 1 rings (SSSR count). The SMILES string of the molecule is B[C@@H]1O[C@H](CC(C)(CC)OP(=O)(OC)OC(C)(C)CC)C(O)[C@@H]1O. The van der Waals surface area contributed by atoms with E-state index in [1.807, 2.05) is 27.7 Å². The van der Waals surface area contributed by atoms with Gasteiger partial charge in [0.2, 0.25) is 0 Å². The highest BCUT2D eigenvalue weighted by Gasteiger charge is 2.46. The maximum atomic E-state index is 12.9. The second kappa shape index (κ2) is 8.17. The summed E-state index contributed by atoms with van der Waals surface area (Å²) in [4.78, 5) is 0. The molecule has 0 aromatic carbocycles. The molecule has 0 aromatic heterocycles. The Labute approximate surface area is 146 Å². The zero-order chi connectivity index (χ0) is 18.8. The molecule has 1 aliphatic rings. The molecule has 9 heteroatoms. The maximum absolute atomic E-state index is 12.9. The first-order valence-corrected chi connectivity index (χ1v) is 9.96. The third kappa shape index (κ3) is 5.53. The summed E-state index contributed by atoms with van der Waals surface area (Å²) in [5.74, 6) is 0. The largest absolute Gasteiger partial charge is 0.475 e. The van der Waals surface area contributed by atoms with Crippen molar-refractivity contribution in [2.45, 2.75) is 89.4 Å². The highest BCUT2D eigenvalue weighted by Crippen LogP contribution is 2.56. The summed E-state index contributed by atoms with van der Waals surface area (Å²) in [7, 11) is -0.797. The van der Waals surface area contributed by atoms with Crippen molar-refractivity contribution in [3.8, 4) is 0 Å². The second-order valence-corrected chi connectivity index (χ2v) is 8.92. The minimum absolute atomic E-state index is 0.259. The minimum atomic E-state index is -3.78. The summed E-state index contributed by atoms with van der Waals surface area (Å²) in [6.07, 6.45) is -1.15. The number of rotatable bonds is 9. The van der Waals surface area contributed by atoms with E-state index in [0.29, 0.717) is 12.8 Å². The van der Waals surface area contributed by atoms with Crippen LogP contribution >= 0.6 is 7.82 Å². The number of phosphoric ester groups is 1. The van der Waals surface area contributed by atoms with Crippen LogP contribution in [0.5, 0.6) is 0 Å². The summed E-state index contributed by atoms with van der Waals surface area (Å²) >= 11 is 0. The number of hydrogen-bond acceptors (Lipinski definition) is 7. The van der Waals surface area contributed by atoms with Gasteiger partial charge < -0.3 is 14.9 Å². The first-order chi connectivity index (χ1) is 10.9.